The standard InChI is InChI=1S/C21H22FN5O/c22-18-12-16(6-7-19(18)27-15-24-14-25-27)20(28)26-10-8-21(13-23,9-11-26)17-4-2-1-3-5-17/h1-7,12,14-15H,8-11,13,23H2. The summed E-state index contributed by atoms with van der Waals surface area (Å²) in [6, 6.07) is 14.7. The van der Waals surface area contributed by atoms with Gasteiger partial charge in [-0.15, -0.1) is 0 Å². The molecule has 0 spiro atoms. The molecule has 1 fully saturated rings. The Balaban J connectivity index is 1.49. The van der Waals surface area contributed by atoms with Crippen LogP contribution in [0.3, 0.4) is 0 Å². The zero-order valence-corrected chi connectivity index (χ0v) is 15.5. The third-order valence-corrected chi connectivity index (χ3v) is 5.64. The van der Waals surface area contributed by atoms with Crippen molar-refractivity contribution in [2.45, 2.75) is 18.3 Å². The Labute approximate surface area is 162 Å². The van der Waals surface area contributed by atoms with Gasteiger partial charge in [-0.25, -0.2) is 14.1 Å². The molecule has 2 N–H and O–H groups in total. The molecule has 0 atom stereocenters. The van der Waals surface area contributed by atoms with Gasteiger partial charge in [-0.1, -0.05) is 30.3 Å². The minimum absolute atomic E-state index is 0.111. The van der Waals surface area contributed by atoms with Crippen LogP contribution >= 0.6 is 0 Å². The van der Waals surface area contributed by atoms with Crippen LogP contribution < -0.4 is 5.73 Å². The van der Waals surface area contributed by atoms with Gasteiger partial charge in [-0.05, 0) is 36.6 Å². The van der Waals surface area contributed by atoms with E-state index in [1.165, 1.54) is 29.0 Å². The van der Waals surface area contributed by atoms with E-state index < -0.39 is 5.82 Å². The molecule has 0 unspecified atom stereocenters. The van der Waals surface area contributed by atoms with Crippen LogP contribution in [-0.4, -0.2) is 45.2 Å². The average molecular weight is 379 g/mol. The summed E-state index contributed by atoms with van der Waals surface area (Å²) in [4.78, 5) is 18.5. The highest BCUT2D eigenvalue weighted by atomic mass is 19.1. The number of carbonyl (C=O) groups is 1. The number of carbonyl (C=O) groups excluding carboxylic acids is 1. The van der Waals surface area contributed by atoms with E-state index in [4.69, 9.17) is 5.73 Å². The minimum Gasteiger partial charge on any atom is -0.339 e. The van der Waals surface area contributed by atoms with Crippen molar-refractivity contribution in [1.29, 1.82) is 0 Å². The normalized spacial score (nSPS) is 16.1. The maximum absolute atomic E-state index is 14.5. The predicted octanol–water partition coefficient (Wildman–Crippen LogP) is 2.54. The first-order chi connectivity index (χ1) is 13.6. The summed E-state index contributed by atoms with van der Waals surface area (Å²) in [5, 5.41) is 3.92. The van der Waals surface area contributed by atoms with Crippen LogP contribution in [0.5, 0.6) is 0 Å². The number of hydrogen-bond donors (Lipinski definition) is 1. The van der Waals surface area contributed by atoms with Gasteiger partial charge in [0.25, 0.3) is 5.91 Å². The molecule has 4 rings (SSSR count). The van der Waals surface area contributed by atoms with Gasteiger partial charge in [0.15, 0.2) is 0 Å². The van der Waals surface area contributed by atoms with Crippen molar-refractivity contribution < 1.29 is 9.18 Å². The van der Waals surface area contributed by atoms with Gasteiger partial charge < -0.3 is 10.6 Å². The third kappa shape index (κ3) is 3.29. The highest BCUT2D eigenvalue weighted by Gasteiger charge is 2.36. The van der Waals surface area contributed by atoms with E-state index in [1.54, 1.807) is 17.0 Å². The topological polar surface area (TPSA) is 77.0 Å². The summed E-state index contributed by atoms with van der Waals surface area (Å²) >= 11 is 0. The van der Waals surface area contributed by atoms with Gasteiger partial charge in [0.2, 0.25) is 0 Å². The largest absolute Gasteiger partial charge is 0.339 e. The molecular formula is C21H22FN5O. The molecule has 2 aromatic carbocycles. The zero-order valence-electron chi connectivity index (χ0n) is 15.5. The first-order valence-electron chi connectivity index (χ1n) is 9.32. The monoisotopic (exact) mass is 379 g/mol. The Morgan fingerprint density at radius 3 is 2.50 bits per heavy atom. The van der Waals surface area contributed by atoms with Crippen LogP contribution in [0.4, 0.5) is 4.39 Å². The number of amides is 1. The molecule has 1 amide bonds. The Kier molecular flexibility index (Phi) is 4.92. The summed E-state index contributed by atoms with van der Waals surface area (Å²) < 4.78 is 15.8. The highest BCUT2D eigenvalue weighted by Crippen LogP contribution is 2.35. The Hall–Kier alpha value is -3.06. The zero-order chi connectivity index (χ0) is 19.6. The quantitative estimate of drug-likeness (QED) is 0.756. The smallest absolute Gasteiger partial charge is 0.253 e. The molecule has 28 heavy (non-hydrogen) atoms. The van der Waals surface area contributed by atoms with Gasteiger partial charge >= 0.3 is 0 Å². The second-order valence-corrected chi connectivity index (χ2v) is 7.15. The molecule has 7 heteroatoms. The molecule has 144 valence electrons. The second-order valence-electron chi connectivity index (χ2n) is 7.15. The molecule has 1 aliphatic heterocycles. The third-order valence-electron chi connectivity index (χ3n) is 5.64. The SMILES string of the molecule is NCC1(c2ccccc2)CCN(C(=O)c2ccc(-n3cncn3)c(F)c2)CC1. The fourth-order valence-corrected chi connectivity index (χ4v) is 3.88. The molecule has 1 aliphatic rings. The summed E-state index contributed by atoms with van der Waals surface area (Å²) in [5.41, 5.74) is 7.82. The van der Waals surface area contributed by atoms with Gasteiger partial charge in [-0.2, -0.15) is 5.10 Å². The summed E-state index contributed by atoms with van der Waals surface area (Å²) in [6.07, 6.45) is 4.33. The summed E-state index contributed by atoms with van der Waals surface area (Å²) in [5.74, 6) is -0.670. The minimum atomic E-state index is -0.506. The lowest BCUT2D eigenvalue weighted by Crippen LogP contribution is -2.48. The fraction of sp³-hybridized carbons (Fsp3) is 0.286. The second kappa shape index (κ2) is 7.52. The van der Waals surface area contributed by atoms with Crippen LogP contribution in [-0.2, 0) is 5.41 Å². The number of rotatable bonds is 4. The number of benzene rings is 2. The number of nitrogens with zero attached hydrogens (tertiary/aromatic N) is 4. The first kappa shape index (κ1) is 18.3. The van der Waals surface area contributed by atoms with Crippen molar-refractivity contribution in [2.24, 2.45) is 5.73 Å². The van der Waals surface area contributed by atoms with Gasteiger partial charge in [-0.3, -0.25) is 4.79 Å². The number of nitrogens with two attached hydrogens (primary N) is 1. The molecule has 0 aliphatic carbocycles. The Morgan fingerprint density at radius 1 is 1.14 bits per heavy atom. The number of hydrogen-bond acceptors (Lipinski definition) is 4. The molecule has 0 saturated carbocycles. The summed E-state index contributed by atoms with van der Waals surface area (Å²) in [7, 11) is 0. The van der Waals surface area contributed by atoms with E-state index in [9.17, 15) is 9.18 Å². The molecule has 0 radical (unpaired) electrons. The lowest BCUT2D eigenvalue weighted by molar-refractivity contribution is 0.0669. The van der Waals surface area contributed by atoms with Crippen molar-refractivity contribution >= 4 is 5.91 Å². The molecule has 2 heterocycles. The number of halogens is 1. The molecule has 1 aromatic heterocycles. The average Bonchev–Trinajstić information content (AvgIpc) is 3.28. The van der Waals surface area contributed by atoms with Crippen molar-refractivity contribution in [3.8, 4) is 5.69 Å². The maximum atomic E-state index is 14.5. The van der Waals surface area contributed by atoms with Gasteiger partial charge in [0.05, 0.1) is 0 Å². The van der Waals surface area contributed by atoms with E-state index >= 15 is 0 Å². The van der Waals surface area contributed by atoms with Gasteiger partial charge in [0, 0.05) is 30.6 Å². The highest BCUT2D eigenvalue weighted by molar-refractivity contribution is 5.94. The maximum Gasteiger partial charge on any atom is 0.253 e. The van der Waals surface area contributed by atoms with E-state index in [1.807, 2.05) is 18.2 Å². The van der Waals surface area contributed by atoms with E-state index in [2.05, 4.69) is 22.2 Å². The van der Waals surface area contributed by atoms with Crippen molar-refractivity contribution in [3.63, 3.8) is 0 Å². The fourth-order valence-electron chi connectivity index (χ4n) is 3.88. The lowest BCUT2D eigenvalue weighted by Gasteiger charge is -2.41. The first-order valence-corrected chi connectivity index (χ1v) is 9.32. The van der Waals surface area contributed by atoms with Crippen LogP contribution in [0.2, 0.25) is 0 Å². The van der Waals surface area contributed by atoms with Crippen LogP contribution in [0.1, 0.15) is 28.8 Å². The van der Waals surface area contributed by atoms with E-state index in [0.717, 1.165) is 12.8 Å². The molecular weight excluding hydrogens is 357 g/mol. The number of aromatic nitrogens is 3. The van der Waals surface area contributed by atoms with Crippen molar-refractivity contribution in [1.82, 2.24) is 19.7 Å². The van der Waals surface area contributed by atoms with Crippen LogP contribution in [0.25, 0.3) is 5.69 Å². The van der Waals surface area contributed by atoms with Crippen LogP contribution in [0.15, 0.2) is 61.2 Å². The number of piperidine rings is 1. The van der Waals surface area contributed by atoms with Crippen molar-refractivity contribution in [2.75, 3.05) is 19.6 Å². The Bertz CT molecular complexity index is 950. The summed E-state index contributed by atoms with van der Waals surface area (Å²) in [6.45, 7) is 1.73. The van der Waals surface area contributed by atoms with Crippen molar-refractivity contribution in [3.05, 3.63) is 78.1 Å². The van der Waals surface area contributed by atoms with Crippen LogP contribution in [0, 0.1) is 5.82 Å². The lowest BCUT2D eigenvalue weighted by atomic mass is 9.73. The van der Waals surface area contributed by atoms with E-state index in [-0.39, 0.29) is 17.0 Å². The molecule has 1 saturated heterocycles. The molecule has 6 nitrogen and oxygen atoms in total. The predicted molar refractivity (Wildman–Crippen MR) is 104 cm³/mol. The molecule has 3 aromatic rings. The number of likely N-dealkylation sites (tertiary alicyclic amines) is 1. The Morgan fingerprint density at radius 2 is 1.89 bits per heavy atom. The molecule has 0 bridgehead atoms. The van der Waals surface area contributed by atoms with E-state index in [0.29, 0.717) is 25.2 Å². The van der Waals surface area contributed by atoms with Gasteiger partial charge in [0.1, 0.15) is 24.2 Å².